The summed E-state index contributed by atoms with van der Waals surface area (Å²) in [5.41, 5.74) is 3.03. The second-order valence-corrected chi connectivity index (χ2v) is 10.5. The SMILES string of the molecule is CCN1CCN(Cc2ccc(C(=O)Nc3cnn4ccc(N5CCCC5c5cc(F)ccc5F)nc34)cc2)CC1. The molecular formula is C30H33F2N7O. The number of likely N-dealkylation sites (N-methyl/N-ethyl adjacent to an activating group) is 1. The second kappa shape index (κ2) is 11.3. The van der Waals surface area contributed by atoms with Gasteiger partial charge in [0.25, 0.3) is 5.91 Å². The van der Waals surface area contributed by atoms with E-state index >= 15 is 0 Å². The topological polar surface area (TPSA) is 69.0 Å². The Hall–Kier alpha value is -3.89. The number of anilines is 2. The highest BCUT2D eigenvalue weighted by Gasteiger charge is 2.30. The molecular weight excluding hydrogens is 512 g/mol. The van der Waals surface area contributed by atoms with Gasteiger partial charge < -0.3 is 15.1 Å². The lowest BCUT2D eigenvalue weighted by atomic mass is 10.0. The molecule has 10 heteroatoms. The Morgan fingerprint density at radius 2 is 1.77 bits per heavy atom. The molecule has 2 aromatic carbocycles. The van der Waals surface area contributed by atoms with E-state index in [9.17, 15) is 13.6 Å². The van der Waals surface area contributed by atoms with Crippen molar-refractivity contribution >= 4 is 23.1 Å². The summed E-state index contributed by atoms with van der Waals surface area (Å²) in [4.78, 5) is 24.7. The zero-order chi connectivity index (χ0) is 27.6. The van der Waals surface area contributed by atoms with Gasteiger partial charge in [-0.2, -0.15) is 5.10 Å². The summed E-state index contributed by atoms with van der Waals surface area (Å²) in [6.45, 7) is 9.11. The van der Waals surface area contributed by atoms with E-state index < -0.39 is 11.6 Å². The lowest BCUT2D eigenvalue weighted by Crippen LogP contribution is -2.45. The fourth-order valence-corrected chi connectivity index (χ4v) is 5.72. The van der Waals surface area contributed by atoms with Gasteiger partial charge in [0, 0.05) is 56.6 Å². The molecule has 0 saturated carbocycles. The average Bonchev–Trinajstić information content (AvgIpc) is 3.62. The molecule has 1 amide bonds. The average molecular weight is 546 g/mol. The molecule has 40 heavy (non-hydrogen) atoms. The van der Waals surface area contributed by atoms with Crippen LogP contribution in [0.1, 0.15) is 47.3 Å². The number of rotatable bonds is 7. The smallest absolute Gasteiger partial charge is 0.255 e. The highest BCUT2D eigenvalue weighted by atomic mass is 19.1. The summed E-state index contributed by atoms with van der Waals surface area (Å²) < 4.78 is 30.1. The molecule has 208 valence electrons. The first-order valence-corrected chi connectivity index (χ1v) is 13.9. The van der Waals surface area contributed by atoms with E-state index in [2.05, 4.69) is 27.1 Å². The van der Waals surface area contributed by atoms with Crippen LogP contribution in [0.25, 0.3) is 5.65 Å². The number of piperazine rings is 1. The molecule has 2 aromatic heterocycles. The van der Waals surface area contributed by atoms with Gasteiger partial charge in [0.2, 0.25) is 0 Å². The fraction of sp³-hybridized carbons (Fsp3) is 0.367. The standard InChI is InChI=1S/C30H33F2N7O/c1-2-36-14-16-37(17-15-36)20-21-5-7-22(8-6-21)30(40)34-26-19-33-39-13-11-28(35-29(26)39)38-12-3-4-27(38)24-18-23(31)9-10-25(24)32/h5-11,13,18-19,27H,2-4,12,14-17,20H2,1H3,(H,34,40). The Balaban J connectivity index is 1.16. The summed E-state index contributed by atoms with van der Waals surface area (Å²) in [6.07, 6.45) is 4.87. The van der Waals surface area contributed by atoms with Gasteiger partial charge in [-0.1, -0.05) is 19.1 Å². The molecule has 4 heterocycles. The number of hydrogen-bond acceptors (Lipinski definition) is 6. The van der Waals surface area contributed by atoms with Crippen LogP contribution in [0.15, 0.2) is 60.9 Å². The maximum absolute atomic E-state index is 14.6. The Bertz CT molecular complexity index is 1500. The Morgan fingerprint density at radius 1 is 1.00 bits per heavy atom. The zero-order valence-electron chi connectivity index (χ0n) is 22.6. The quantitative estimate of drug-likeness (QED) is 0.362. The van der Waals surface area contributed by atoms with Crippen LogP contribution in [0.2, 0.25) is 0 Å². The molecule has 4 aromatic rings. The Labute approximate surface area is 232 Å². The van der Waals surface area contributed by atoms with Gasteiger partial charge >= 0.3 is 0 Å². The van der Waals surface area contributed by atoms with Crippen molar-refractivity contribution in [3.63, 3.8) is 0 Å². The lowest BCUT2D eigenvalue weighted by Gasteiger charge is -2.34. The molecule has 6 rings (SSSR count). The molecule has 2 saturated heterocycles. The highest BCUT2D eigenvalue weighted by molar-refractivity contribution is 6.06. The van der Waals surface area contributed by atoms with Gasteiger partial charge in [-0.25, -0.2) is 18.3 Å². The van der Waals surface area contributed by atoms with E-state index in [1.165, 1.54) is 17.7 Å². The summed E-state index contributed by atoms with van der Waals surface area (Å²) in [5.74, 6) is -0.512. The molecule has 1 unspecified atom stereocenters. The van der Waals surface area contributed by atoms with E-state index in [4.69, 9.17) is 4.98 Å². The predicted molar refractivity (Wildman–Crippen MR) is 150 cm³/mol. The largest absolute Gasteiger partial charge is 0.349 e. The van der Waals surface area contributed by atoms with Crippen molar-refractivity contribution in [2.24, 2.45) is 0 Å². The molecule has 0 bridgehead atoms. The summed E-state index contributed by atoms with van der Waals surface area (Å²) >= 11 is 0. The first kappa shape index (κ1) is 26.3. The third-order valence-corrected chi connectivity index (χ3v) is 8.00. The lowest BCUT2D eigenvalue weighted by molar-refractivity contribution is 0.102. The zero-order valence-corrected chi connectivity index (χ0v) is 22.6. The van der Waals surface area contributed by atoms with Crippen molar-refractivity contribution in [3.05, 3.63) is 89.2 Å². The van der Waals surface area contributed by atoms with E-state index in [1.807, 2.05) is 35.2 Å². The summed E-state index contributed by atoms with van der Waals surface area (Å²) in [6, 6.07) is 12.8. The summed E-state index contributed by atoms with van der Waals surface area (Å²) in [7, 11) is 0. The molecule has 2 aliphatic heterocycles. The van der Waals surface area contributed by atoms with Crippen molar-refractivity contribution in [1.29, 1.82) is 0 Å². The van der Waals surface area contributed by atoms with Gasteiger partial charge in [-0.05, 0) is 61.3 Å². The van der Waals surface area contributed by atoms with Crippen LogP contribution < -0.4 is 10.2 Å². The Morgan fingerprint density at radius 3 is 2.55 bits per heavy atom. The second-order valence-electron chi connectivity index (χ2n) is 10.5. The number of nitrogens with zero attached hydrogens (tertiary/aromatic N) is 6. The number of amides is 1. The van der Waals surface area contributed by atoms with Gasteiger partial charge in [-0.15, -0.1) is 0 Å². The van der Waals surface area contributed by atoms with Crippen LogP contribution in [-0.2, 0) is 6.54 Å². The summed E-state index contributed by atoms with van der Waals surface area (Å²) in [5, 5.41) is 7.27. The Kier molecular flexibility index (Phi) is 7.44. The van der Waals surface area contributed by atoms with Crippen molar-refractivity contribution in [3.8, 4) is 0 Å². The number of halogens is 2. The van der Waals surface area contributed by atoms with Gasteiger partial charge in [0.1, 0.15) is 23.1 Å². The van der Waals surface area contributed by atoms with E-state index in [0.29, 0.717) is 41.2 Å². The molecule has 1 N–H and O–H groups in total. The number of fused-ring (bicyclic) bond motifs is 1. The number of carbonyl (C=O) groups is 1. The maximum Gasteiger partial charge on any atom is 0.255 e. The van der Waals surface area contributed by atoms with Crippen LogP contribution in [0, 0.1) is 11.6 Å². The van der Waals surface area contributed by atoms with Gasteiger partial charge in [0.15, 0.2) is 5.65 Å². The van der Waals surface area contributed by atoms with E-state index in [0.717, 1.165) is 51.8 Å². The van der Waals surface area contributed by atoms with Crippen LogP contribution >= 0.6 is 0 Å². The van der Waals surface area contributed by atoms with Crippen LogP contribution in [0.5, 0.6) is 0 Å². The minimum atomic E-state index is -0.463. The number of nitrogens with one attached hydrogen (secondary N) is 1. The first-order chi connectivity index (χ1) is 19.5. The molecule has 2 fully saturated rings. The molecule has 1 atom stereocenters. The molecule has 0 aliphatic carbocycles. The minimum Gasteiger partial charge on any atom is -0.349 e. The van der Waals surface area contributed by atoms with Crippen LogP contribution in [-0.4, -0.2) is 69.6 Å². The monoisotopic (exact) mass is 545 g/mol. The van der Waals surface area contributed by atoms with Crippen molar-refractivity contribution < 1.29 is 13.6 Å². The molecule has 0 radical (unpaired) electrons. The normalized spacial score (nSPS) is 18.5. The fourth-order valence-electron chi connectivity index (χ4n) is 5.72. The van der Waals surface area contributed by atoms with Crippen molar-refractivity contribution in [1.82, 2.24) is 24.4 Å². The molecule has 8 nitrogen and oxygen atoms in total. The number of aromatic nitrogens is 3. The van der Waals surface area contributed by atoms with Gasteiger partial charge in [-0.3, -0.25) is 9.69 Å². The molecule has 0 spiro atoms. The molecule has 2 aliphatic rings. The van der Waals surface area contributed by atoms with Crippen molar-refractivity contribution in [2.75, 3.05) is 49.5 Å². The maximum atomic E-state index is 14.6. The number of hydrogen-bond donors (Lipinski definition) is 1. The van der Waals surface area contributed by atoms with Crippen LogP contribution in [0.4, 0.5) is 20.3 Å². The van der Waals surface area contributed by atoms with Gasteiger partial charge in [0.05, 0.1) is 12.2 Å². The van der Waals surface area contributed by atoms with E-state index in [-0.39, 0.29) is 11.9 Å². The number of carbonyl (C=O) groups excluding carboxylic acids is 1. The number of benzene rings is 2. The minimum absolute atomic E-state index is 0.244. The van der Waals surface area contributed by atoms with Crippen molar-refractivity contribution in [2.45, 2.75) is 32.4 Å². The van der Waals surface area contributed by atoms with Crippen LogP contribution in [0.3, 0.4) is 0 Å². The third-order valence-electron chi connectivity index (χ3n) is 8.00. The highest BCUT2D eigenvalue weighted by Crippen LogP contribution is 2.37. The predicted octanol–water partition coefficient (Wildman–Crippen LogP) is 4.74. The third kappa shape index (κ3) is 5.41. The van der Waals surface area contributed by atoms with E-state index in [1.54, 1.807) is 16.9 Å². The first-order valence-electron chi connectivity index (χ1n) is 13.9.